The van der Waals surface area contributed by atoms with Crippen molar-refractivity contribution in [2.24, 2.45) is 5.92 Å². The van der Waals surface area contributed by atoms with Gasteiger partial charge in [0.1, 0.15) is 11.6 Å². The zero-order valence-electron chi connectivity index (χ0n) is 12.7. The first-order valence-electron chi connectivity index (χ1n) is 7.60. The van der Waals surface area contributed by atoms with Crippen LogP contribution >= 0.6 is 0 Å². The summed E-state index contributed by atoms with van der Waals surface area (Å²) in [6, 6.07) is 12.5. The second-order valence-electron chi connectivity index (χ2n) is 5.70. The summed E-state index contributed by atoms with van der Waals surface area (Å²) in [5, 5.41) is 2.75. The van der Waals surface area contributed by atoms with Crippen molar-refractivity contribution in [3.8, 4) is 5.75 Å². The van der Waals surface area contributed by atoms with Gasteiger partial charge in [-0.3, -0.25) is 4.79 Å². The van der Waals surface area contributed by atoms with Gasteiger partial charge in [0.05, 0.1) is 0 Å². The molecule has 0 spiro atoms. The normalized spacial score (nSPS) is 19.2. The van der Waals surface area contributed by atoms with Crippen LogP contribution in [0.4, 0.5) is 13.2 Å². The predicted molar refractivity (Wildman–Crippen MR) is 82.2 cm³/mol. The molecule has 6 heteroatoms. The molecule has 0 aromatic heterocycles. The Labute approximate surface area is 137 Å². The first kappa shape index (κ1) is 16.4. The zero-order chi connectivity index (χ0) is 17.1. The van der Waals surface area contributed by atoms with E-state index >= 15 is 0 Å². The van der Waals surface area contributed by atoms with Crippen LogP contribution in [0.25, 0.3) is 0 Å². The van der Waals surface area contributed by atoms with E-state index in [-0.39, 0.29) is 35.9 Å². The van der Waals surface area contributed by atoms with Gasteiger partial charge < -0.3 is 10.1 Å². The lowest BCUT2D eigenvalue weighted by atomic mass is 10.1. The van der Waals surface area contributed by atoms with E-state index in [0.717, 1.165) is 5.56 Å². The molecule has 1 aliphatic rings. The highest BCUT2D eigenvalue weighted by Crippen LogP contribution is 2.47. The highest BCUT2D eigenvalue weighted by molar-refractivity contribution is 5.82. The SMILES string of the molecule is O=C(NCc1ccccc1OC(F)F)C1CC1c1ccc(F)cc1. The Morgan fingerprint density at radius 3 is 2.58 bits per heavy atom. The number of hydrogen-bond acceptors (Lipinski definition) is 2. The molecular weight excluding hydrogens is 319 g/mol. The summed E-state index contributed by atoms with van der Waals surface area (Å²) in [7, 11) is 0. The molecule has 2 aromatic rings. The molecule has 0 bridgehead atoms. The lowest BCUT2D eigenvalue weighted by Gasteiger charge is -2.11. The maximum atomic E-state index is 12.9. The zero-order valence-corrected chi connectivity index (χ0v) is 12.7. The standard InChI is InChI=1S/C18H16F3NO2/c19-13-7-5-11(6-8-13)14-9-15(14)17(23)22-10-12-3-1-2-4-16(12)24-18(20)21/h1-8,14-15,18H,9-10H2,(H,22,23). The Bertz CT molecular complexity index is 718. The molecule has 24 heavy (non-hydrogen) atoms. The minimum Gasteiger partial charge on any atom is -0.434 e. The highest BCUT2D eigenvalue weighted by atomic mass is 19.3. The smallest absolute Gasteiger partial charge is 0.387 e. The molecule has 3 nitrogen and oxygen atoms in total. The van der Waals surface area contributed by atoms with E-state index in [4.69, 9.17) is 0 Å². The number of hydrogen-bond donors (Lipinski definition) is 1. The van der Waals surface area contributed by atoms with Crippen LogP contribution in [0.15, 0.2) is 48.5 Å². The number of amides is 1. The fourth-order valence-electron chi connectivity index (χ4n) is 2.74. The first-order chi connectivity index (χ1) is 11.5. The van der Waals surface area contributed by atoms with Crippen molar-refractivity contribution in [3.05, 3.63) is 65.5 Å². The minimum absolute atomic E-state index is 0.0543. The number of rotatable bonds is 6. The van der Waals surface area contributed by atoms with Gasteiger partial charge in [0.2, 0.25) is 5.91 Å². The van der Waals surface area contributed by atoms with Gasteiger partial charge in [-0.15, -0.1) is 0 Å². The Morgan fingerprint density at radius 2 is 1.88 bits per heavy atom. The maximum Gasteiger partial charge on any atom is 0.387 e. The van der Waals surface area contributed by atoms with E-state index in [9.17, 15) is 18.0 Å². The molecule has 126 valence electrons. The van der Waals surface area contributed by atoms with E-state index in [0.29, 0.717) is 12.0 Å². The second kappa shape index (κ2) is 6.95. The fourth-order valence-corrected chi connectivity index (χ4v) is 2.74. The first-order valence-corrected chi connectivity index (χ1v) is 7.60. The second-order valence-corrected chi connectivity index (χ2v) is 5.70. The van der Waals surface area contributed by atoms with E-state index in [2.05, 4.69) is 10.1 Å². The molecule has 1 saturated carbocycles. The lowest BCUT2D eigenvalue weighted by molar-refractivity contribution is -0.122. The molecule has 2 unspecified atom stereocenters. The van der Waals surface area contributed by atoms with Crippen molar-refractivity contribution in [1.82, 2.24) is 5.32 Å². The van der Waals surface area contributed by atoms with Crippen LogP contribution in [-0.2, 0) is 11.3 Å². The quantitative estimate of drug-likeness (QED) is 0.871. The Hall–Kier alpha value is -2.50. The molecule has 0 radical (unpaired) electrons. The summed E-state index contributed by atoms with van der Waals surface area (Å²) in [4.78, 5) is 12.2. The molecule has 1 aliphatic carbocycles. The topological polar surface area (TPSA) is 38.3 Å². The van der Waals surface area contributed by atoms with Gasteiger partial charge >= 0.3 is 6.61 Å². The molecule has 1 N–H and O–H groups in total. The number of halogens is 3. The Morgan fingerprint density at radius 1 is 1.17 bits per heavy atom. The van der Waals surface area contributed by atoms with Gasteiger partial charge in [-0.25, -0.2) is 4.39 Å². The largest absolute Gasteiger partial charge is 0.434 e. The Kier molecular flexibility index (Phi) is 4.74. The highest BCUT2D eigenvalue weighted by Gasteiger charge is 2.43. The summed E-state index contributed by atoms with van der Waals surface area (Å²) >= 11 is 0. The molecular formula is C18H16F3NO2. The van der Waals surface area contributed by atoms with Crippen LogP contribution in [0, 0.1) is 11.7 Å². The molecule has 2 aromatic carbocycles. The minimum atomic E-state index is -2.91. The van der Waals surface area contributed by atoms with Crippen molar-refractivity contribution >= 4 is 5.91 Å². The summed E-state index contributed by atoms with van der Waals surface area (Å²) in [6.45, 7) is -2.79. The number of carbonyl (C=O) groups excluding carboxylic acids is 1. The molecule has 1 amide bonds. The third-order valence-electron chi connectivity index (χ3n) is 4.07. The van der Waals surface area contributed by atoms with Gasteiger partial charge in [0.25, 0.3) is 0 Å². The van der Waals surface area contributed by atoms with Crippen molar-refractivity contribution in [3.63, 3.8) is 0 Å². The molecule has 0 heterocycles. The third kappa shape index (κ3) is 3.88. The number of alkyl halides is 2. The van der Waals surface area contributed by atoms with Crippen molar-refractivity contribution < 1.29 is 22.7 Å². The number of carbonyl (C=O) groups is 1. The number of benzene rings is 2. The lowest BCUT2D eigenvalue weighted by Crippen LogP contribution is -2.25. The van der Waals surface area contributed by atoms with Crippen LogP contribution in [-0.4, -0.2) is 12.5 Å². The van der Waals surface area contributed by atoms with Crippen LogP contribution in [0.3, 0.4) is 0 Å². The summed E-state index contributed by atoms with van der Waals surface area (Å²) < 4.78 is 42.1. The Balaban J connectivity index is 1.56. The van der Waals surface area contributed by atoms with Crippen LogP contribution in [0.1, 0.15) is 23.5 Å². The molecule has 2 atom stereocenters. The number of para-hydroxylation sites is 1. The van der Waals surface area contributed by atoms with Crippen LogP contribution < -0.4 is 10.1 Å². The van der Waals surface area contributed by atoms with E-state index < -0.39 is 6.61 Å². The summed E-state index contributed by atoms with van der Waals surface area (Å²) in [5.41, 5.74) is 1.42. The van der Waals surface area contributed by atoms with Crippen LogP contribution in [0.5, 0.6) is 5.75 Å². The van der Waals surface area contributed by atoms with E-state index in [1.165, 1.54) is 18.2 Å². The van der Waals surface area contributed by atoms with Gasteiger partial charge in [0.15, 0.2) is 0 Å². The predicted octanol–water partition coefficient (Wildman–Crippen LogP) is 3.85. The summed E-state index contributed by atoms with van der Waals surface area (Å²) in [6.07, 6.45) is 0.701. The van der Waals surface area contributed by atoms with Crippen molar-refractivity contribution in [2.75, 3.05) is 0 Å². The van der Waals surface area contributed by atoms with Gasteiger partial charge in [-0.2, -0.15) is 8.78 Å². The average molecular weight is 335 g/mol. The van der Waals surface area contributed by atoms with E-state index in [1.54, 1.807) is 30.3 Å². The van der Waals surface area contributed by atoms with Crippen molar-refractivity contribution in [2.45, 2.75) is 25.5 Å². The van der Waals surface area contributed by atoms with Gasteiger partial charge in [-0.05, 0) is 36.1 Å². The fraction of sp³-hybridized carbons (Fsp3) is 0.278. The van der Waals surface area contributed by atoms with Gasteiger partial charge in [0, 0.05) is 18.0 Å². The van der Waals surface area contributed by atoms with Gasteiger partial charge in [-0.1, -0.05) is 30.3 Å². The molecule has 0 saturated heterocycles. The van der Waals surface area contributed by atoms with E-state index in [1.807, 2.05) is 0 Å². The van der Waals surface area contributed by atoms with Crippen LogP contribution in [0.2, 0.25) is 0 Å². The number of nitrogens with one attached hydrogen (secondary N) is 1. The maximum absolute atomic E-state index is 12.9. The molecule has 0 aliphatic heterocycles. The average Bonchev–Trinajstić information content (AvgIpc) is 3.34. The third-order valence-corrected chi connectivity index (χ3v) is 4.07. The van der Waals surface area contributed by atoms with Crippen molar-refractivity contribution in [1.29, 1.82) is 0 Å². The molecule has 3 rings (SSSR count). The number of ether oxygens (including phenoxy) is 1. The monoisotopic (exact) mass is 335 g/mol. The molecule has 1 fully saturated rings. The summed E-state index contributed by atoms with van der Waals surface area (Å²) in [5.74, 6) is -0.484.